The summed E-state index contributed by atoms with van der Waals surface area (Å²) in [6.45, 7) is 4.67. The van der Waals surface area contributed by atoms with Gasteiger partial charge in [0.1, 0.15) is 5.58 Å². The van der Waals surface area contributed by atoms with Crippen LogP contribution in [0.2, 0.25) is 5.02 Å². The first-order chi connectivity index (χ1) is 12.0. The third-order valence-electron chi connectivity index (χ3n) is 4.46. The first-order valence-electron chi connectivity index (χ1n) is 8.53. The predicted octanol–water partition coefficient (Wildman–Crippen LogP) is 4.87. The number of hydrogen-bond donors (Lipinski definition) is 1. The van der Waals surface area contributed by atoms with Crippen LogP contribution in [0.1, 0.15) is 30.0 Å². The average molecular weight is 356 g/mol. The summed E-state index contributed by atoms with van der Waals surface area (Å²) >= 11 is 6.24. The Labute approximate surface area is 152 Å². The van der Waals surface area contributed by atoms with Crippen molar-refractivity contribution in [1.82, 2.24) is 5.32 Å². The molecule has 130 valence electrons. The molecule has 0 spiro atoms. The number of rotatable bonds is 6. The first-order valence-corrected chi connectivity index (χ1v) is 8.91. The van der Waals surface area contributed by atoms with E-state index in [0.717, 1.165) is 29.4 Å². The molecule has 0 saturated heterocycles. The highest BCUT2D eigenvalue weighted by Gasteiger charge is 2.10. The van der Waals surface area contributed by atoms with Crippen molar-refractivity contribution < 1.29 is 4.42 Å². The van der Waals surface area contributed by atoms with E-state index in [0.29, 0.717) is 23.2 Å². The van der Waals surface area contributed by atoms with Crippen LogP contribution in [0.3, 0.4) is 0 Å². The molecule has 0 aliphatic rings. The zero-order valence-electron chi connectivity index (χ0n) is 14.5. The number of halogens is 1. The molecule has 2 aromatic carbocycles. The SMILES string of the molecule is Cc1cc2oc(=O)cc(CN[C@H](C)CCc3ccccc3)c2cc1Cl. The molecule has 0 radical (unpaired) electrons. The second kappa shape index (κ2) is 7.85. The minimum Gasteiger partial charge on any atom is -0.423 e. The van der Waals surface area contributed by atoms with Crippen LogP contribution in [0, 0.1) is 6.92 Å². The smallest absolute Gasteiger partial charge is 0.336 e. The molecule has 4 heteroatoms. The second-order valence-electron chi connectivity index (χ2n) is 6.49. The Hall–Kier alpha value is -2.10. The predicted molar refractivity (Wildman–Crippen MR) is 103 cm³/mol. The molecule has 1 N–H and O–H groups in total. The largest absolute Gasteiger partial charge is 0.423 e. The topological polar surface area (TPSA) is 42.2 Å². The quantitative estimate of drug-likeness (QED) is 0.642. The number of aryl methyl sites for hydroxylation is 2. The maximum absolute atomic E-state index is 11.8. The van der Waals surface area contributed by atoms with Crippen LogP contribution in [-0.4, -0.2) is 6.04 Å². The Balaban J connectivity index is 1.70. The maximum Gasteiger partial charge on any atom is 0.336 e. The van der Waals surface area contributed by atoms with E-state index >= 15 is 0 Å². The van der Waals surface area contributed by atoms with Gasteiger partial charge in [-0.25, -0.2) is 4.79 Å². The number of hydrogen-bond acceptors (Lipinski definition) is 3. The summed E-state index contributed by atoms with van der Waals surface area (Å²) in [6.07, 6.45) is 2.06. The summed E-state index contributed by atoms with van der Waals surface area (Å²) in [6, 6.07) is 16.0. The van der Waals surface area contributed by atoms with Crippen molar-refractivity contribution in [3.63, 3.8) is 0 Å². The Kier molecular flexibility index (Phi) is 5.57. The normalized spacial score (nSPS) is 12.4. The van der Waals surface area contributed by atoms with Gasteiger partial charge < -0.3 is 9.73 Å². The highest BCUT2D eigenvalue weighted by Crippen LogP contribution is 2.25. The third-order valence-corrected chi connectivity index (χ3v) is 4.87. The van der Waals surface area contributed by atoms with Crippen LogP contribution in [-0.2, 0) is 13.0 Å². The van der Waals surface area contributed by atoms with Gasteiger partial charge in [-0.2, -0.15) is 0 Å². The lowest BCUT2D eigenvalue weighted by molar-refractivity contribution is 0.510. The van der Waals surface area contributed by atoms with Crippen molar-refractivity contribution in [2.45, 2.75) is 39.3 Å². The number of fused-ring (bicyclic) bond motifs is 1. The average Bonchev–Trinajstić information content (AvgIpc) is 2.60. The van der Waals surface area contributed by atoms with E-state index in [1.807, 2.05) is 25.1 Å². The maximum atomic E-state index is 11.8. The van der Waals surface area contributed by atoms with Crippen LogP contribution < -0.4 is 10.9 Å². The van der Waals surface area contributed by atoms with Gasteiger partial charge in [0.15, 0.2) is 0 Å². The van der Waals surface area contributed by atoms with Crippen LogP contribution in [0.4, 0.5) is 0 Å². The number of nitrogens with one attached hydrogen (secondary N) is 1. The van der Waals surface area contributed by atoms with Crippen LogP contribution in [0.15, 0.2) is 57.7 Å². The molecule has 3 rings (SSSR count). The molecule has 1 atom stereocenters. The lowest BCUT2D eigenvalue weighted by atomic mass is 10.0. The van der Waals surface area contributed by atoms with Crippen molar-refractivity contribution in [3.8, 4) is 0 Å². The molecule has 0 bridgehead atoms. The van der Waals surface area contributed by atoms with E-state index in [1.165, 1.54) is 5.56 Å². The fourth-order valence-corrected chi connectivity index (χ4v) is 3.07. The highest BCUT2D eigenvalue weighted by atomic mass is 35.5. The van der Waals surface area contributed by atoms with Gasteiger partial charge in [0, 0.05) is 29.1 Å². The van der Waals surface area contributed by atoms with Gasteiger partial charge in [0.05, 0.1) is 0 Å². The zero-order valence-corrected chi connectivity index (χ0v) is 15.3. The van der Waals surface area contributed by atoms with Gasteiger partial charge in [-0.15, -0.1) is 0 Å². The summed E-state index contributed by atoms with van der Waals surface area (Å²) in [4.78, 5) is 11.8. The summed E-state index contributed by atoms with van der Waals surface area (Å²) in [5, 5.41) is 5.07. The van der Waals surface area contributed by atoms with Crippen molar-refractivity contribution in [2.24, 2.45) is 0 Å². The summed E-state index contributed by atoms with van der Waals surface area (Å²) in [5.74, 6) is 0. The minimum absolute atomic E-state index is 0.331. The molecule has 1 heterocycles. The molecular formula is C21H22ClNO2. The van der Waals surface area contributed by atoms with E-state index in [4.69, 9.17) is 16.0 Å². The van der Waals surface area contributed by atoms with Gasteiger partial charge in [-0.1, -0.05) is 41.9 Å². The van der Waals surface area contributed by atoms with E-state index in [-0.39, 0.29) is 5.63 Å². The molecule has 3 nitrogen and oxygen atoms in total. The van der Waals surface area contributed by atoms with E-state index in [9.17, 15) is 4.79 Å². The Morgan fingerprint density at radius 2 is 1.92 bits per heavy atom. The molecule has 0 aliphatic carbocycles. The van der Waals surface area contributed by atoms with Gasteiger partial charge >= 0.3 is 5.63 Å². The van der Waals surface area contributed by atoms with Gasteiger partial charge in [-0.3, -0.25) is 0 Å². The Bertz CT molecular complexity index is 918. The summed E-state index contributed by atoms with van der Waals surface area (Å²) < 4.78 is 5.31. The van der Waals surface area contributed by atoms with Crippen molar-refractivity contribution >= 4 is 22.6 Å². The molecule has 3 aromatic rings. The van der Waals surface area contributed by atoms with E-state index in [2.05, 4.69) is 36.5 Å². The van der Waals surface area contributed by atoms with E-state index < -0.39 is 0 Å². The molecule has 0 saturated carbocycles. The van der Waals surface area contributed by atoms with Crippen LogP contribution in [0.5, 0.6) is 0 Å². The molecule has 0 fully saturated rings. The summed E-state index contributed by atoms with van der Waals surface area (Å²) in [5.41, 5.74) is 3.41. The molecule has 1 aromatic heterocycles. The molecule has 0 aliphatic heterocycles. The standard InChI is InChI=1S/C21H22ClNO2/c1-14-10-20-18(12-19(14)22)17(11-21(24)25-20)13-23-15(2)8-9-16-6-4-3-5-7-16/h3-7,10-12,15,23H,8-9,13H2,1-2H3/t15-/m1/s1. The Morgan fingerprint density at radius 3 is 2.68 bits per heavy atom. The Morgan fingerprint density at radius 1 is 1.16 bits per heavy atom. The van der Waals surface area contributed by atoms with Crippen LogP contribution in [0.25, 0.3) is 11.0 Å². The van der Waals surface area contributed by atoms with Crippen molar-refractivity contribution in [1.29, 1.82) is 0 Å². The molecule has 25 heavy (non-hydrogen) atoms. The van der Waals surface area contributed by atoms with Gasteiger partial charge in [-0.05, 0) is 55.5 Å². The lowest BCUT2D eigenvalue weighted by Gasteiger charge is -2.15. The fourth-order valence-electron chi connectivity index (χ4n) is 2.91. The monoisotopic (exact) mass is 355 g/mol. The van der Waals surface area contributed by atoms with E-state index in [1.54, 1.807) is 6.07 Å². The molecule has 0 unspecified atom stereocenters. The lowest BCUT2D eigenvalue weighted by Crippen LogP contribution is -2.26. The van der Waals surface area contributed by atoms with Crippen molar-refractivity contribution in [3.05, 3.63) is 80.7 Å². The second-order valence-corrected chi connectivity index (χ2v) is 6.90. The highest BCUT2D eigenvalue weighted by molar-refractivity contribution is 6.32. The van der Waals surface area contributed by atoms with Gasteiger partial charge in [0.25, 0.3) is 0 Å². The van der Waals surface area contributed by atoms with Crippen molar-refractivity contribution in [2.75, 3.05) is 0 Å². The van der Waals surface area contributed by atoms with Gasteiger partial charge in [0.2, 0.25) is 0 Å². The number of benzene rings is 2. The van der Waals surface area contributed by atoms with Crippen LogP contribution >= 0.6 is 11.6 Å². The molecular weight excluding hydrogens is 334 g/mol. The first kappa shape index (κ1) is 17.7. The zero-order chi connectivity index (χ0) is 17.8. The fraction of sp³-hybridized carbons (Fsp3) is 0.286. The third kappa shape index (κ3) is 4.50. The minimum atomic E-state index is -0.331. The molecule has 0 amide bonds. The summed E-state index contributed by atoms with van der Waals surface area (Å²) in [7, 11) is 0.